The molecule has 3 aromatic rings. The Morgan fingerprint density at radius 2 is 1.89 bits per heavy atom. The van der Waals surface area contributed by atoms with E-state index in [4.69, 9.17) is 16.7 Å². The lowest BCUT2D eigenvalue weighted by Crippen LogP contribution is -2.48. The summed E-state index contributed by atoms with van der Waals surface area (Å²) in [5.41, 5.74) is 4.97. The standard InChI is InChI=1S/C27H32ClN7O2/c1-5-23(37)32-8-6-18(7-9-32)35-16(3)24(25-21-12-29-30-22(21)10-15(2)26(25)28)27(31-35)34-14-19-11-20(34)13-33(19)17(4)36/h5,10,12,18-20H,1,6-9,11,13-14H2,2-4H3,(H,29,30)/t19-,20-/m1/s1. The van der Waals surface area contributed by atoms with E-state index in [1.165, 1.54) is 6.08 Å². The van der Waals surface area contributed by atoms with Crippen LogP contribution in [-0.4, -0.2) is 79.9 Å². The largest absolute Gasteiger partial charge is 0.348 e. The van der Waals surface area contributed by atoms with Crippen LogP contribution in [-0.2, 0) is 9.59 Å². The predicted molar refractivity (Wildman–Crippen MR) is 144 cm³/mol. The van der Waals surface area contributed by atoms with E-state index in [2.05, 4.69) is 33.3 Å². The summed E-state index contributed by atoms with van der Waals surface area (Å²) in [4.78, 5) is 30.5. The second-order valence-corrected chi connectivity index (χ2v) is 10.9. The van der Waals surface area contributed by atoms with E-state index in [1.807, 2.05) is 29.0 Å². The van der Waals surface area contributed by atoms with Crippen molar-refractivity contribution in [1.29, 1.82) is 0 Å². The first-order valence-electron chi connectivity index (χ1n) is 12.9. The van der Waals surface area contributed by atoms with Gasteiger partial charge in [0.25, 0.3) is 0 Å². The van der Waals surface area contributed by atoms with Gasteiger partial charge in [0.1, 0.15) is 0 Å². The van der Waals surface area contributed by atoms with Crippen LogP contribution in [0.15, 0.2) is 24.9 Å². The van der Waals surface area contributed by atoms with Crippen molar-refractivity contribution in [1.82, 2.24) is 29.8 Å². The van der Waals surface area contributed by atoms with Crippen LogP contribution in [0.3, 0.4) is 0 Å². The van der Waals surface area contributed by atoms with Gasteiger partial charge < -0.3 is 14.7 Å². The molecule has 2 aromatic heterocycles. The number of hydrogen-bond acceptors (Lipinski definition) is 5. The Hall–Kier alpha value is -3.33. The fourth-order valence-electron chi connectivity index (χ4n) is 6.57. The zero-order valence-corrected chi connectivity index (χ0v) is 22.3. The summed E-state index contributed by atoms with van der Waals surface area (Å²) in [6.07, 6.45) is 5.83. The van der Waals surface area contributed by atoms with Crippen LogP contribution in [0.2, 0.25) is 5.02 Å². The van der Waals surface area contributed by atoms with E-state index >= 15 is 0 Å². The topological polar surface area (TPSA) is 90.4 Å². The van der Waals surface area contributed by atoms with Crippen LogP contribution >= 0.6 is 11.6 Å². The van der Waals surface area contributed by atoms with Crippen molar-refractivity contribution in [3.8, 4) is 11.1 Å². The third-order valence-corrected chi connectivity index (χ3v) is 8.95. The van der Waals surface area contributed by atoms with Gasteiger partial charge in [0.2, 0.25) is 11.8 Å². The third-order valence-electron chi connectivity index (χ3n) is 8.46. The summed E-state index contributed by atoms with van der Waals surface area (Å²) in [6, 6.07) is 2.64. The number of carbonyl (C=O) groups is 2. The number of aryl methyl sites for hydroxylation is 1. The van der Waals surface area contributed by atoms with Gasteiger partial charge in [-0.3, -0.25) is 19.4 Å². The third kappa shape index (κ3) is 3.74. The van der Waals surface area contributed by atoms with Crippen LogP contribution in [0.25, 0.3) is 22.0 Å². The summed E-state index contributed by atoms with van der Waals surface area (Å²) in [5.74, 6) is 1.04. The number of aromatic amines is 1. The second-order valence-electron chi connectivity index (χ2n) is 10.6. The zero-order valence-electron chi connectivity index (χ0n) is 21.5. The quantitative estimate of drug-likeness (QED) is 0.527. The molecule has 3 aliphatic rings. The van der Waals surface area contributed by atoms with Gasteiger partial charge in [-0.15, -0.1) is 0 Å². The molecule has 10 heteroatoms. The Kier molecular flexibility index (Phi) is 5.78. The molecule has 0 unspecified atom stereocenters. The van der Waals surface area contributed by atoms with Gasteiger partial charge in [0.15, 0.2) is 5.82 Å². The highest BCUT2D eigenvalue weighted by molar-refractivity contribution is 6.36. The maximum absolute atomic E-state index is 12.2. The fraction of sp³-hybridized carbons (Fsp3) is 0.481. The molecule has 37 heavy (non-hydrogen) atoms. The van der Waals surface area contributed by atoms with Crippen LogP contribution < -0.4 is 4.90 Å². The highest BCUT2D eigenvalue weighted by Gasteiger charge is 2.46. The van der Waals surface area contributed by atoms with Crippen LogP contribution in [0, 0.1) is 13.8 Å². The number of amides is 2. The molecule has 2 amide bonds. The molecule has 6 rings (SSSR count). The molecule has 9 nitrogen and oxygen atoms in total. The van der Waals surface area contributed by atoms with Crippen molar-refractivity contribution in [2.24, 2.45) is 0 Å². The van der Waals surface area contributed by atoms with Gasteiger partial charge in [-0.1, -0.05) is 18.2 Å². The van der Waals surface area contributed by atoms with Crippen LogP contribution in [0.4, 0.5) is 5.82 Å². The number of nitrogens with zero attached hydrogens (tertiary/aromatic N) is 6. The van der Waals surface area contributed by atoms with E-state index < -0.39 is 0 Å². The van der Waals surface area contributed by atoms with Crippen LogP contribution in [0.1, 0.15) is 43.5 Å². The number of nitrogens with one attached hydrogen (secondary N) is 1. The average molecular weight is 522 g/mol. The van der Waals surface area contributed by atoms with Gasteiger partial charge in [-0.25, -0.2) is 0 Å². The van der Waals surface area contributed by atoms with Crippen molar-refractivity contribution in [2.75, 3.05) is 31.1 Å². The molecule has 2 bridgehead atoms. The highest BCUT2D eigenvalue weighted by Crippen LogP contribution is 2.46. The number of benzene rings is 1. The molecular formula is C27H32ClN7O2. The summed E-state index contributed by atoms with van der Waals surface area (Å²) < 4.78 is 2.15. The molecule has 194 valence electrons. The molecule has 0 spiro atoms. The smallest absolute Gasteiger partial charge is 0.245 e. The van der Waals surface area contributed by atoms with Crippen molar-refractivity contribution >= 4 is 40.1 Å². The SMILES string of the molecule is C=CC(=O)N1CCC(n2nc(N3C[C@H]4C[C@@H]3CN4C(C)=O)c(-c3c(Cl)c(C)cc4[nH]ncc34)c2C)CC1. The summed E-state index contributed by atoms with van der Waals surface area (Å²) in [6.45, 7) is 12.3. The Morgan fingerprint density at radius 3 is 2.54 bits per heavy atom. The maximum atomic E-state index is 12.2. The summed E-state index contributed by atoms with van der Waals surface area (Å²) in [7, 11) is 0. The predicted octanol–water partition coefficient (Wildman–Crippen LogP) is 3.86. The van der Waals surface area contributed by atoms with Gasteiger partial charge >= 0.3 is 0 Å². The Bertz CT molecular complexity index is 1420. The van der Waals surface area contributed by atoms with Crippen molar-refractivity contribution in [3.05, 3.63) is 41.2 Å². The lowest BCUT2D eigenvalue weighted by Gasteiger charge is -2.34. The number of carbonyl (C=O) groups excluding carboxylic acids is 2. The number of piperazine rings is 1. The van der Waals surface area contributed by atoms with Gasteiger partial charge in [0.05, 0.1) is 34.9 Å². The Morgan fingerprint density at radius 1 is 1.14 bits per heavy atom. The first-order valence-corrected chi connectivity index (χ1v) is 13.3. The molecule has 3 fully saturated rings. The van der Waals surface area contributed by atoms with E-state index in [0.717, 1.165) is 71.5 Å². The van der Waals surface area contributed by atoms with E-state index in [9.17, 15) is 9.59 Å². The summed E-state index contributed by atoms with van der Waals surface area (Å²) >= 11 is 7.02. The minimum Gasteiger partial charge on any atom is -0.348 e. The molecule has 3 aliphatic heterocycles. The molecule has 5 heterocycles. The minimum atomic E-state index is -0.0194. The number of rotatable bonds is 4. The average Bonchev–Trinajstić information content (AvgIpc) is 3.68. The lowest BCUT2D eigenvalue weighted by atomic mass is 9.98. The molecule has 2 atom stereocenters. The first kappa shape index (κ1) is 24.0. The Labute approximate surface area is 221 Å². The van der Waals surface area contributed by atoms with Crippen molar-refractivity contribution < 1.29 is 9.59 Å². The van der Waals surface area contributed by atoms with E-state index in [-0.39, 0.29) is 29.9 Å². The molecule has 0 aliphatic carbocycles. The van der Waals surface area contributed by atoms with Crippen molar-refractivity contribution in [2.45, 2.75) is 58.2 Å². The molecular weight excluding hydrogens is 490 g/mol. The highest BCUT2D eigenvalue weighted by atomic mass is 35.5. The minimum absolute atomic E-state index is 0.0194. The first-order chi connectivity index (χ1) is 17.8. The van der Waals surface area contributed by atoms with Crippen molar-refractivity contribution in [3.63, 3.8) is 0 Å². The molecule has 1 N–H and O–H groups in total. The second kappa shape index (κ2) is 8.90. The Balaban J connectivity index is 1.46. The molecule has 0 radical (unpaired) electrons. The van der Waals surface area contributed by atoms with E-state index in [0.29, 0.717) is 18.1 Å². The normalized spacial score (nSPS) is 21.9. The van der Waals surface area contributed by atoms with Crippen LogP contribution in [0.5, 0.6) is 0 Å². The van der Waals surface area contributed by atoms with Gasteiger partial charge in [-0.05, 0) is 50.8 Å². The number of likely N-dealkylation sites (tertiary alicyclic amines) is 2. The number of H-pyrrole nitrogens is 1. The monoisotopic (exact) mass is 521 g/mol. The molecule has 3 saturated heterocycles. The van der Waals surface area contributed by atoms with E-state index in [1.54, 1.807) is 6.92 Å². The van der Waals surface area contributed by atoms with Gasteiger partial charge in [0, 0.05) is 55.3 Å². The zero-order chi connectivity index (χ0) is 26.0. The number of fused-ring (bicyclic) bond motifs is 3. The molecule has 1 aromatic carbocycles. The number of aromatic nitrogens is 4. The lowest BCUT2D eigenvalue weighted by molar-refractivity contribution is -0.130. The number of anilines is 1. The number of halogens is 1. The number of hydrogen-bond donors (Lipinski definition) is 1. The molecule has 0 saturated carbocycles. The summed E-state index contributed by atoms with van der Waals surface area (Å²) in [5, 5.41) is 14.4. The fourth-order valence-corrected chi connectivity index (χ4v) is 6.82. The number of piperidine rings is 1. The van der Waals surface area contributed by atoms with Gasteiger partial charge in [-0.2, -0.15) is 10.2 Å². The maximum Gasteiger partial charge on any atom is 0.245 e.